The Kier molecular flexibility index (Phi) is 3.06. The first-order valence-electron chi connectivity index (χ1n) is 6.60. The Bertz CT molecular complexity index is 593. The average molecular weight is 259 g/mol. The van der Waals surface area contributed by atoms with Gasteiger partial charge in [0.15, 0.2) is 5.82 Å². The van der Waals surface area contributed by atoms with Gasteiger partial charge < -0.3 is 10.5 Å². The number of hydrogen-bond donors (Lipinski definition) is 1. The normalized spacial score (nSPS) is 14.2. The van der Waals surface area contributed by atoms with E-state index >= 15 is 0 Å². The number of anilines is 1. The van der Waals surface area contributed by atoms with Gasteiger partial charge in [0.25, 0.3) is 0 Å². The highest BCUT2D eigenvalue weighted by atomic mass is 16.5. The molecule has 2 aromatic rings. The molecule has 3 rings (SSSR count). The SMILES string of the molecule is CCOc1ncnc(-n2cnc3c2CCCC3)c1N. The Morgan fingerprint density at radius 3 is 2.95 bits per heavy atom. The Morgan fingerprint density at radius 2 is 2.11 bits per heavy atom. The second-order valence-corrected chi connectivity index (χ2v) is 4.56. The topological polar surface area (TPSA) is 78.9 Å². The molecule has 6 heteroatoms. The maximum absolute atomic E-state index is 6.10. The molecule has 0 radical (unpaired) electrons. The van der Waals surface area contributed by atoms with Gasteiger partial charge in [0.1, 0.15) is 18.3 Å². The first-order valence-corrected chi connectivity index (χ1v) is 6.60. The summed E-state index contributed by atoms with van der Waals surface area (Å²) in [5, 5.41) is 0. The number of nitrogens with zero attached hydrogens (tertiary/aromatic N) is 4. The van der Waals surface area contributed by atoms with E-state index < -0.39 is 0 Å². The van der Waals surface area contributed by atoms with Crippen molar-refractivity contribution in [3.63, 3.8) is 0 Å². The minimum absolute atomic E-state index is 0.436. The molecule has 2 heterocycles. The molecule has 0 aliphatic heterocycles. The van der Waals surface area contributed by atoms with E-state index in [9.17, 15) is 0 Å². The fraction of sp³-hybridized carbons (Fsp3) is 0.462. The molecule has 0 bridgehead atoms. The van der Waals surface area contributed by atoms with Crippen LogP contribution < -0.4 is 10.5 Å². The first kappa shape index (κ1) is 12.0. The Balaban J connectivity index is 2.07. The number of ether oxygens (including phenoxy) is 1. The highest BCUT2D eigenvalue weighted by molar-refractivity contribution is 5.60. The fourth-order valence-electron chi connectivity index (χ4n) is 2.47. The number of imidazole rings is 1. The van der Waals surface area contributed by atoms with Crippen LogP contribution in [0, 0.1) is 0 Å². The van der Waals surface area contributed by atoms with Crippen molar-refractivity contribution in [2.24, 2.45) is 0 Å². The quantitative estimate of drug-likeness (QED) is 0.904. The summed E-state index contributed by atoms with van der Waals surface area (Å²) in [4.78, 5) is 12.8. The highest BCUT2D eigenvalue weighted by Gasteiger charge is 2.19. The van der Waals surface area contributed by atoms with Crippen molar-refractivity contribution < 1.29 is 4.74 Å². The summed E-state index contributed by atoms with van der Waals surface area (Å²) in [6, 6.07) is 0. The zero-order valence-corrected chi connectivity index (χ0v) is 11.0. The molecule has 1 aliphatic carbocycles. The van der Waals surface area contributed by atoms with Gasteiger partial charge in [-0.3, -0.25) is 4.57 Å². The molecular weight excluding hydrogens is 242 g/mol. The van der Waals surface area contributed by atoms with Crippen molar-refractivity contribution in [2.45, 2.75) is 32.6 Å². The van der Waals surface area contributed by atoms with Gasteiger partial charge in [-0.25, -0.2) is 9.97 Å². The molecule has 2 N–H and O–H groups in total. The van der Waals surface area contributed by atoms with Crippen molar-refractivity contribution in [1.82, 2.24) is 19.5 Å². The van der Waals surface area contributed by atoms with E-state index in [1.165, 1.54) is 24.9 Å². The lowest BCUT2D eigenvalue weighted by Gasteiger charge is -2.15. The van der Waals surface area contributed by atoms with Crippen molar-refractivity contribution in [3.8, 4) is 11.7 Å². The van der Waals surface area contributed by atoms with Gasteiger partial charge >= 0.3 is 0 Å². The van der Waals surface area contributed by atoms with Crippen molar-refractivity contribution in [1.29, 1.82) is 0 Å². The van der Waals surface area contributed by atoms with E-state index in [0.29, 0.717) is 24.0 Å². The lowest BCUT2D eigenvalue weighted by Crippen LogP contribution is -2.11. The van der Waals surface area contributed by atoms with E-state index in [4.69, 9.17) is 10.5 Å². The summed E-state index contributed by atoms with van der Waals surface area (Å²) in [5.41, 5.74) is 8.93. The maximum Gasteiger partial charge on any atom is 0.242 e. The third-order valence-corrected chi connectivity index (χ3v) is 3.37. The van der Waals surface area contributed by atoms with Crippen molar-refractivity contribution in [3.05, 3.63) is 24.0 Å². The van der Waals surface area contributed by atoms with E-state index in [2.05, 4.69) is 15.0 Å². The molecule has 0 aromatic carbocycles. The Morgan fingerprint density at radius 1 is 1.26 bits per heavy atom. The number of rotatable bonds is 3. The predicted octanol–water partition coefficient (Wildman–Crippen LogP) is 1.52. The van der Waals surface area contributed by atoms with Gasteiger partial charge in [0.2, 0.25) is 5.88 Å². The first-order chi connectivity index (χ1) is 9.31. The number of fused-ring (bicyclic) bond motifs is 1. The lowest BCUT2D eigenvalue weighted by molar-refractivity contribution is 0.328. The van der Waals surface area contributed by atoms with E-state index in [0.717, 1.165) is 18.5 Å². The number of nitrogens with two attached hydrogens (primary N) is 1. The fourth-order valence-corrected chi connectivity index (χ4v) is 2.47. The summed E-state index contributed by atoms with van der Waals surface area (Å²) in [5.74, 6) is 1.10. The molecule has 0 fully saturated rings. The minimum atomic E-state index is 0.436. The van der Waals surface area contributed by atoms with Gasteiger partial charge in [-0.1, -0.05) is 0 Å². The second kappa shape index (κ2) is 4.87. The van der Waals surface area contributed by atoms with Gasteiger partial charge in [-0.15, -0.1) is 0 Å². The summed E-state index contributed by atoms with van der Waals surface area (Å²) in [6.07, 6.45) is 7.71. The number of hydrogen-bond acceptors (Lipinski definition) is 5. The van der Waals surface area contributed by atoms with E-state index in [1.54, 1.807) is 6.33 Å². The van der Waals surface area contributed by atoms with Crippen LogP contribution in [0.4, 0.5) is 5.69 Å². The van der Waals surface area contributed by atoms with Crippen LogP contribution in [0.1, 0.15) is 31.2 Å². The number of aromatic nitrogens is 4. The zero-order chi connectivity index (χ0) is 13.2. The van der Waals surface area contributed by atoms with Crippen molar-refractivity contribution >= 4 is 5.69 Å². The van der Waals surface area contributed by atoms with Crippen LogP contribution in [0.25, 0.3) is 5.82 Å². The number of nitrogen functional groups attached to an aromatic ring is 1. The number of aryl methyl sites for hydroxylation is 1. The summed E-state index contributed by atoms with van der Waals surface area (Å²) >= 11 is 0. The molecule has 19 heavy (non-hydrogen) atoms. The van der Waals surface area contributed by atoms with Crippen LogP contribution in [-0.2, 0) is 12.8 Å². The third-order valence-electron chi connectivity index (χ3n) is 3.37. The highest BCUT2D eigenvalue weighted by Crippen LogP contribution is 2.28. The van der Waals surface area contributed by atoms with Crippen LogP contribution >= 0.6 is 0 Å². The smallest absolute Gasteiger partial charge is 0.242 e. The summed E-state index contributed by atoms with van der Waals surface area (Å²) in [6.45, 7) is 2.43. The molecule has 2 aromatic heterocycles. The third kappa shape index (κ3) is 2.03. The predicted molar refractivity (Wildman–Crippen MR) is 71.4 cm³/mol. The van der Waals surface area contributed by atoms with Gasteiger partial charge in [0.05, 0.1) is 12.3 Å². The van der Waals surface area contributed by atoms with Gasteiger partial charge in [0, 0.05) is 5.69 Å². The molecule has 1 aliphatic rings. The van der Waals surface area contributed by atoms with E-state index in [-0.39, 0.29) is 0 Å². The molecule has 100 valence electrons. The van der Waals surface area contributed by atoms with Crippen LogP contribution in [0.5, 0.6) is 5.88 Å². The van der Waals surface area contributed by atoms with E-state index in [1.807, 2.05) is 11.5 Å². The zero-order valence-electron chi connectivity index (χ0n) is 11.0. The monoisotopic (exact) mass is 259 g/mol. The molecule has 0 unspecified atom stereocenters. The molecule has 0 saturated heterocycles. The van der Waals surface area contributed by atoms with Crippen molar-refractivity contribution in [2.75, 3.05) is 12.3 Å². The largest absolute Gasteiger partial charge is 0.476 e. The second-order valence-electron chi connectivity index (χ2n) is 4.56. The minimum Gasteiger partial charge on any atom is -0.476 e. The van der Waals surface area contributed by atoms with Crippen LogP contribution in [-0.4, -0.2) is 26.1 Å². The maximum atomic E-state index is 6.10. The van der Waals surface area contributed by atoms with Gasteiger partial charge in [-0.05, 0) is 32.6 Å². The molecule has 6 nitrogen and oxygen atoms in total. The van der Waals surface area contributed by atoms with Crippen LogP contribution in [0.2, 0.25) is 0 Å². The molecule has 0 saturated carbocycles. The summed E-state index contributed by atoms with van der Waals surface area (Å²) in [7, 11) is 0. The summed E-state index contributed by atoms with van der Waals surface area (Å²) < 4.78 is 7.38. The van der Waals surface area contributed by atoms with Crippen LogP contribution in [0.3, 0.4) is 0 Å². The standard InChI is InChI=1S/C13H17N5O/c1-2-19-13-11(14)12(15-7-16-13)18-8-17-9-5-3-4-6-10(9)18/h7-8H,2-6,14H2,1H3. The molecule has 0 atom stereocenters. The molecular formula is C13H17N5O. The Hall–Kier alpha value is -2.11. The lowest BCUT2D eigenvalue weighted by atomic mass is 10.0. The average Bonchev–Trinajstić information content (AvgIpc) is 2.85. The van der Waals surface area contributed by atoms with Gasteiger partial charge in [-0.2, -0.15) is 4.98 Å². The van der Waals surface area contributed by atoms with Crippen LogP contribution in [0.15, 0.2) is 12.7 Å². The molecule has 0 amide bonds. The molecule has 0 spiro atoms. The Labute approximate surface area is 111 Å².